The highest BCUT2D eigenvalue weighted by atomic mass is 32.1. The first-order chi connectivity index (χ1) is 9.05. The van der Waals surface area contributed by atoms with Crippen molar-refractivity contribution in [2.24, 2.45) is 5.41 Å². The quantitative estimate of drug-likeness (QED) is 0.920. The number of hydrogen-bond donors (Lipinski definition) is 1. The van der Waals surface area contributed by atoms with Gasteiger partial charge in [-0.15, -0.1) is 11.3 Å². The van der Waals surface area contributed by atoms with Crippen molar-refractivity contribution >= 4 is 17.2 Å². The number of rotatable bonds is 3. The van der Waals surface area contributed by atoms with Crippen LogP contribution in [0.4, 0.5) is 0 Å². The van der Waals surface area contributed by atoms with Crippen LogP contribution in [0.1, 0.15) is 31.3 Å². The Kier molecular flexibility index (Phi) is 3.15. The SMILES string of the molecule is COC1CC(N2C(=O)CNC2c2cccs2)C1(C)C. The number of nitrogens with zero attached hydrogens (tertiary/aromatic N) is 1. The summed E-state index contributed by atoms with van der Waals surface area (Å²) in [6.07, 6.45) is 1.21. The van der Waals surface area contributed by atoms with E-state index in [2.05, 4.69) is 30.6 Å². The minimum atomic E-state index is 0.0198. The van der Waals surface area contributed by atoms with Crippen LogP contribution in [0.5, 0.6) is 0 Å². The van der Waals surface area contributed by atoms with E-state index in [1.807, 2.05) is 11.0 Å². The van der Waals surface area contributed by atoms with Gasteiger partial charge in [0, 0.05) is 23.4 Å². The molecule has 3 atom stereocenters. The maximum atomic E-state index is 12.2. The summed E-state index contributed by atoms with van der Waals surface area (Å²) in [5.41, 5.74) is 0.0198. The average molecular weight is 280 g/mol. The molecule has 1 aliphatic carbocycles. The molecule has 1 saturated carbocycles. The molecular formula is C14H20N2O2S. The number of amides is 1. The molecule has 104 valence electrons. The molecule has 0 bridgehead atoms. The van der Waals surface area contributed by atoms with Crippen LogP contribution in [-0.4, -0.2) is 36.6 Å². The topological polar surface area (TPSA) is 41.6 Å². The fourth-order valence-electron chi connectivity index (χ4n) is 3.29. The Morgan fingerprint density at radius 2 is 2.32 bits per heavy atom. The van der Waals surface area contributed by atoms with E-state index in [1.165, 1.54) is 4.88 Å². The molecule has 1 aliphatic heterocycles. The normalized spacial score (nSPS) is 33.5. The van der Waals surface area contributed by atoms with Crippen molar-refractivity contribution in [1.29, 1.82) is 0 Å². The van der Waals surface area contributed by atoms with Crippen molar-refractivity contribution in [3.05, 3.63) is 22.4 Å². The van der Waals surface area contributed by atoms with Crippen LogP contribution in [0.15, 0.2) is 17.5 Å². The maximum absolute atomic E-state index is 12.2. The van der Waals surface area contributed by atoms with Gasteiger partial charge >= 0.3 is 0 Å². The fourth-order valence-corrected chi connectivity index (χ4v) is 4.09. The first-order valence-electron chi connectivity index (χ1n) is 6.66. The molecule has 19 heavy (non-hydrogen) atoms. The van der Waals surface area contributed by atoms with Crippen LogP contribution in [0.2, 0.25) is 0 Å². The Labute approximate surface area is 117 Å². The van der Waals surface area contributed by atoms with E-state index in [4.69, 9.17) is 4.74 Å². The standard InChI is InChI=1S/C14H20N2O2S/c1-14(2)10(7-11(14)18-3)16-12(17)8-15-13(16)9-5-4-6-19-9/h4-6,10-11,13,15H,7-8H2,1-3H3. The third-order valence-corrected chi connectivity index (χ3v) is 5.50. The van der Waals surface area contributed by atoms with Crippen LogP contribution < -0.4 is 5.32 Å². The Morgan fingerprint density at radius 3 is 2.89 bits per heavy atom. The molecule has 1 aromatic heterocycles. The Balaban J connectivity index is 1.84. The lowest BCUT2D eigenvalue weighted by molar-refractivity contribution is -0.161. The van der Waals surface area contributed by atoms with Crippen LogP contribution in [0.3, 0.4) is 0 Å². The van der Waals surface area contributed by atoms with Crippen LogP contribution in [-0.2, 0) is 9.53 Å². The number of carbonyl (C=O) groups excluding carboxylic acids is 1. The highest BCUT2D eigenvalue weighted by molar-refractivity contribution is 7.10. The molecule has 2 fully saturated rings. The van der Waals surface area contributed by atoms with Crippen molar-refractivity contribution in [2.75, 3.05) is 13.7 Å². The molecule has 0 radical (unpaired) electrons. The van der Waals surface area contributed by atoms with Crippen molar-refractivity contribution in [1.82, 2.24) is 10.2 Å². The van der Waals surface area contributed by atoms with Gasteiger partial charge in [0.1, 0.15) is 6.17 Å². The van der Waals surface area contributed by atoms with Crippen LogP contribution in [0.25, 0.3) is 0 Å². The predicted octanol–water partition coefficient (Wildman–Crippen LogP) is 1.99. The van der Waals surface area contributed by atoms with Gasteiger partial charge in [-0.25, -0.2) is 0 Å². The summed E-state index contributed by atoms with van der Waals surface area (Å²) in [4.78, 5) is 15.5. The minimum absolute atomic E-state index is 0.0198. The summed E-state index contributed by atoms with van der Waals surface area (Å²) < 4.78 is 5.50. The van der Waals surface area contributed by atoms with Crippen LogP contribution >= 0.6 is 11.3 Å². The summed E-state index contributed by atoms with van der Waals surface area (Å²) in [6, 6.07) is 4.38. The van der Waals surface area contributed by atoms with E-state index in [0.29, 0.717) is 6.54 Å². The zero-order chi connectivity index (χ0) is 13.6. The summed E-state index contributed by atoms with van der Waals surface area (Å²) >= 11 is 1.70. The van der Waals surface area contributed by atoms with Crippen molar-refractivity contribution in [3.63, 3.8) is 0 Å². The highest BCUT2D eigenvalue weighted by Gasteiger charge is 2.55. The molecule has 2 aliphatic rings. The molecule has 1 N–H and O–H groups in total. The molecule has 3 rings (SSSR count). The number of ether oxygens (including phenoxy) is 1. The number of carbonyl (C=O) groups is 1. The van der Waals surface area contributed by atoms with Crippen LogP contribution in [0, 0.1) is 5.41 Å². The van der Waals surface area contributed by atoms with Crippen molar-refractivity contribution < 1.29 is 9.53 Å². The molecule has 3 unspecified atom stereocenters. The maximum Gasteiger partial charge on any atom is 0.238 e. The Hall–Kier alpha value is -0.910. The summed E-state index contributed by atoms with van der Waals surface area (Å²) in [5.74, 6) is 0.200. The summed E-state index contributed by atoms with van der Waals surface area (Å²) in [7, 11) is 1.75. The molecule has 0 aromatic carbocycles. The molecule has 4 nitrogen and oxygen atoms in total. The predicted molar refractivity (Wildman–Crippen MR) is 74.9 cm³/mol. The average Bonchev–Trinajstić information content (AvgIpc) is 2.99. The van der Waals surface area contributed by atoms with Gasteiger partial charge in [0.2, 0.25) is 5.91 Å². The van der Waals surface area contributed by atoms with Crippen molar-refractivity contribution in [3.8, 4) is 0 Å². The zero-order valence-corrected chi connectivity index (χ0v) is 12.4. The molecule has 5 heteroatoms. The lowest BCUT2D eigenvalue weighted by Crippen LogP contribution is -2.62. The lowest BCUT2D eigenvalue weighted by atomic mass is 9.63. The number of hydrogen-bond acceptors (Lipinski definition) is 4. The van der Waals surface area contributed by atoms with E-state index in [1.54, 1.807) is 18.4 Å². The van der Waals surface area contributed by atoms with E-state index in [-0.39, 0.29) is 29.6 Å². The van der Waals surface area contributed by atoms with Gasteiger partial charge in [0.25, 0.3) is 0 Å². The monoisotopic (exact) mass is 280 g/mol. The summed E-state index contributed by atoms with van der Waals surface area (Å²) in [5, 5.41) is 5.38. The smallest absolute Gasteiger partial charge is 0.238 e. The van der Waals surface area contributed by atoms with Gasteiger partial charge < -0.3 is 9.64 Å². The highest BCUT2D eigenvalue weighted by Crippen LogP contribution is 2.48. The summed E-state index contributed by atoms with van der Waals surface area (Å²) in [6.45, 7) is 4.81. The van der Waals surface area contributed by atoms with Gasteiger partial charge in [-0.2, -0.15) is 0 Å². The Morgan fingerprint density at radius 1 is 1.53 bits per heavy atom. The minimum Gasteiger partial charge on any atom is -0.381 e. The molecule has 2 heterocycles. The van der Waals surface area contributed by atoms with Gasteiger partial charge in [-0.1, -0.05) is 19.9 Å². The second-order valence-corrected chi connectivity index (χ2v) is 6.88. The number of methoxy groups -OCH3 is 1. The first kappa shape index (κ1) is 13.1. The fraction of sp³-hybridized carbons (Fsp3) is 0.643. The largest absolute Gasteiger partial charge is 0.381 e. The molecule has 1 saturated heterocycles. The lowest BCUT2D eigenvalue weighted by Gasteiger charge is -2.55. The first-order valence-corrected chi connectivity index (χ1v) is 7.54. The molecule has 0 spiro atoms. The third-order valence-electron chi connectivity index (χ3n) is 4.57. The van der Waals surface area contributed by atoms with Gasteiger partial charge in [0.15, 0.2) is 0 Å². The second kappa shape index (κ2) is 4.58. The molecule has 1 amide bonds. The van der Waals surface area contributed by atoms with Gasteiger partial charge in [-0.3, -0.25) is 10.1 Å². The van der Waals surface area contributed by atoms with E-state index in [9.17, 15) is 4.79 Å². The number of nitrogens with one attached hydrogen (secondary N) is 1. The number of thiophene rings is 1. The van der Waals surface area contributed by atoms with Gasteiger partial charge in [0.05, 0.1) is 12.6 Å². The second-order valence-electron chi connectivity index (χ2n) is 5.90. The Bertz CT molecular complexity index is 472. The molecular weight excluding hydrogens is 260 g/mol. The van der Waals surface area contributed by atoms with Gasteiger partial charge in [-0.05, 0) is 17.9 Å². The van der Waals surface area contributed by atoms with E-state index < -0.39 is 0 Å². The van der Waals surface area contributed by atoms with E-state index in [0.717, 1.165) is 6.42 Å². The third kappa shape index (κ3) is 1.91. The molecule has 1 aromatic rings. The zero-order valence-electron chi connectivity index (χ0n) is 11.6. The van der Waals surface area contributed by atoms with Crippen molar-refractivity contribution in [2.45, 2.75) is 38.6 Å². The van der Waals surface area contributed by atoms with E-state index >= 15 is 0 Å².